The first-order chi connectivity index (χ1) is 13.7. The van der Waals surface area contributed by atoms with Crippen molar-refractivity contribution in [2.75, 3.05) is 13.2 Å². The van der Waals surface area contributed by atoms with Crippen LogP contribution in [-0.2, 0) is 0 Å². The Morgan fingerprint density at radius 3 is 2.75 bits per heavy atom. The fourth-order valence-corrected chi connectivity index (χ4v) is 3.99. The molecule has 2 N–H and O–H groups in total. The van der Waals surface area contributed by atoms with Gasteiger partial charge in [0.2, 0.25) is 0 Å². The van der Waals surface area contributed by atoms with Crippen molar-refractivity contribution in [2.24, 2.45) is 0 Å². The standard InChI is InChI=1S/C21H23N5OS/c1-15-8-9-18(23-14-15)25-11-4-7-17(25)20-19(16-6-2-3-10-22-16)24-21(28)26(20)12-5-13-27/h2-4,6-11,14,19-20,27H,5,12-13H2,1H3,(H,24,28)/t19-,20+/m0/s1. The quantitative estimate of drug-likeness (QED) is 0.628. The van der Waals surface area contributed by atoms with E-state index >= 15 is 0 Å². The number of aromatic nitrogens is 3. The van der Waals surface area contributed by atoms with Gasteiger partial charge in [0, 0.05) is 37.4 Å². The monoisotopic (exact) mass is 393 g/mol. The predicted octanol–water partition coefficient (Wildman–Crippen LogP) is 2.93. The van der Waals surface area contributed by atoms with Crippen LogP contribution in [0.2, 0.25) is 0 Å². The lowest BCUT2D eigenvalue weighted by Crippen LogP contribution is -2.31. The average molecular weight is 394 g/mol. The van der Waals surface area contributed by atoms with Crippen molar-refractivity contribution in [2.45, 2.75) is 25.4 Å². The molecule has 2 atom stereocenters. The van der Waals surface area contributed by atoms with Crippen molar-refractivity contribution < 1.29 is 5.11 Å². The minimum absolute atomic E-state index is 0.0490. The molecule has 6 nitrogen and oxygen atoms in total. The molecule has 0 unspecified atom stereocenters. The Bertz CT molecular complexity index is 941. The van der Waals surface area contributed by atoms with Crippen molar-refractivity contribution in [1.29, 1.82) is 0 Å². The fraction of sp³-hybridized carbons (Fsp3) is 0.286. The summed E-state index contributed by atoms with van der Waals surface area (Å²) in [6.07, 6.45) is 6.34. The molecule has 4 heterocycles. The van der Waals surface area contributed by atoms with E-state index in [1.807, 2.05) is 49.6 Å². The van der Waals surface area contributed by atoms with Gasteiger partial charge in [0.25, 0.3) is 0 Å². The average Bonchev–Trinajstić information content (AvgIpc) is 3.32. The number of thiocarbonyl (C=S) groups is 1. The lowest BCUT2D eigenvalue weighted by molar-refractivity contribution is 0.244. The molecule has 3 aromatic rings. The van der Waals surface area contributed by atoms with Crippen LogP contribution < -0.4 is 5.32 Å². The highest BCUT2D eigenvalue weighted by molar-refractivity contribution is 7.80. The van der Waals surface area contributed by atoms with E-state index in [1.54, 1.807) is 6.20 Å². The largest absolute Gasteiger partial charge is 0.396 e. The summed E-state index contributed by atoms with van der Waals surface area (Å²) in [6.45, 7) is 2.82. The van der Waals surface area contributed by atoms with Crippen LogP contribution in [0.25, 0.3) is 5.82 Å². The van der Waals surface area contributed by atoms with E-state index in [9.17, 15) is 5.11 Å². The number of rotatable bonds is 6. The van der Waals surface area contributed by atoms with E-state index < -0.39 is 0 Å². The van der Waals surface area contributed by atoms with Gasteiger partial charge in [0.05, 0.1) is 17.8 Å². The zero-order valence-corrected chi connectivity index (χ0v) is 16.5. The Morgan fingerprint density at radius 1 is 1.14 bits per heavy atom. The van der Waals surface area contributed by atoms with Gasteiger partial charge in [-0.3, -0.25) is 4.98 Å². The van der Waals surface area contributed by atoms with Crippen molar-refractivity contribution in [3.05, 3.63) is 78.0 Å². The number of hydrogen-bond donors (Lipinski definition) is 2. The number of aliphatic hydroxyl groups excluding tert-OH is 1. The second kappa shape index (κ2) is 8.08. The third kappa shape index (κ3) is 3.50. The molecule has 1 aliphatic heterocycles. The van der Waals surface area contributed by atoms with Crippen LogP contribution in [0.5, 0.6) is 0 Å². The first-order valence-electron chi connectivity index (χ1n) is 9.38. The Balaban J connectivity index is 1.78. The van der Waals surface area contributed by atoms with Gasteiger partial charge in [-0.05, 0) is 61.5 Å². The summed E-state index contributed by atoms with van der Waals surface area (Å²) in [6, 6.07) is 14.0. The lowest BCUT2D eigenvalue weighted by Gasteiger charge is -2.28. The molecule has 0 saturated carbocycles. The first kappa shape index (κ1) is 18.6. The normalized spacial score (nSPS) is 19.1. The molecule has 0 amide bonds. The molecule has 3 aromatic heterocycles. The van der Waals surface area contributed by atoms with Crippen LogP contribution in [0, 0.1) is 6.92 Å². The molecule has 0 radical (unpaired) electrons. The number of pyridine rings is 2. The third-order valence-corrected chi connectivity index (χ3v) is 5.33. The van der Waals surface area contributed by atoms with Gasteiger partial charge >= 0.3 is 0 Å². The second-order valence-corrected chi connectivity index (χ2v) is 7.28. The Kier molecular flexibility index (Phi) is 5.36. The van der Waals surface area contributed by atoms with Crippen LogP contribution in [-0.4, -0.2) is 42.8 Å². The van der Waals surface area contributed by atoms with Gasteiger partial charge in [0.1, 0.15) is 5.82 Å². The molecule has 0 spiro atoms. The Morgan fingerprint density at radius 2 is 2.04 bits per heavy atom. The van der Waals surface area contributed by atoms with Crippen molar-refractivity contribution in [1.82, 2.24) is 24.8 Å². The van der Waals surface area contributed by atoms with Gasteiger partial charge in [-0.1, -0.05) is 12.1 Å². The van der Waals surface area contributed by atoms with Crippen LogP contribution in [0.4, 0.5) is 0 Å². The highest BCUT2D eigenvalue weighted by Crippen LogP contribution is 2.39. The molecule has 28 heavy (non-hydrogen) atoms. The van der Waals surface area contributed by atoms with Crippen LogP contribution >= 0.6 is 12.2 Å². The minimum Gasteiger partial charge on any atom is -0.396 e. The van der Waals surface area contributed by atoms with E-state index in [4.69, 9.17) is 12.2 Å². The number of aryl methyl sites for hydroxylation is 1. The molecule has 144 valence electrons. The van der Waals surface area contributed by atoms with Crippen LogP contribution in [0.15, 0.2) is 61.1 Å². The van der Waals surface area contributed by atoms with Crippen molar-refractivity contribution in [3.63, 3.8) is 0 Å². The van der Waals surface area contributed by atoms with Crippen LogP contribution in [0.3, 0.4) is 0 Å². The summed E-state index contributed by atoms with van der Waals surface area (Å²) in [4.78, 5) is 11.3. The molecular weight excluding hydrogens is 370 g/mol. The van der Waals surface area contributed by atoms with E-state index in [1.165, 1.54) is 0 Å². The fourth-order valence-electron chi connectivity index (χ4n) is 3.66. The number of hydrogen-bond acceptors (Lipinski definition) is 4. The molecule has 1 saturated heterocycles. The predicted molar refractivity (Wildman–Crippen MR) is 112 cm³/mol. The maximum atomic E-state index is 9.35. The Labute approximate surface area is 169 Å². The van der Waals surface area contributed by atoms with E-state index in [0.717, 1.165) is 22.8 Å². The van der Waals surface area contributed by atoms with E-state index in [0.29, 0.717) is 18.1 Å². The molecular formula is C21H23N5OS. The highest BCUT2D eigenvalue weighted by atomic mass is 32.1. The van der Waals surface area contributed by atoms with E-state index in [2.05, 4.69) is 36.9 Å². The van der Waals surface area contributed by atoms with Gasteiger partial charge in [-0.2, -0.15) is 0 Å². The van der Waals surface area contributed by atoms with Gasteiger partial charge in [-0.15, -0.1) is 0 Å². The lowest BCUT2D eigenvalue weighted by atomic mass is 10.0. The van der Waals surface area contributed by atoms with Gasteiger partial charge in [0.15, 0.2) is 5.11 Å². The molecule has 0 aliphatic carbocycles. The second-order valence-electron chi connectivity index (χ2n) is 6.89. The van der Waals surface area contributed by atoms with Crippen molar-refractivity contribution >= 4 is 17.3 Å². The Hall–Kier alpha value is -2.77. The zero-order chi connectivity index (χ0) is 19.5. The summed E-state index contributed by atoms with van der Waals surface area (Å²) < 4.78 is 2.10. The SMILES string of the molecule is Cc1ccc(-n2cccc2[C@@H]2[C@H](c3ccccn3)NC(=S)N2CCCO)nc1. The van der Waals surface area contributed by atoms with Gasteiger partial charge < -0.3 is 19.9 Å². The number of aliphatic hydroxyl groups is 1. The van der Waals surface area contributed by atoms with Crippen LogP contribution in [0.1, 0.15) is 35.5 Å². The maximum absolute atomic E-state index is 9.35. The zero-order valence-electron chi connectivity index (χ0n) is 15.7. The molecule has 7 heteroatoms. The summed E-state index contributed by atoms with van der Waals surface area (Å²) >= 11 is 5.64. The molecule has 4 rings (SSSR count). The molecule has 1 aliphatic rings. The third-order valence-electron chi connectivity index (χ3n) is 4.98. The van der Waals surface area contributed by atoms with Crippen molar-refractivity contribution in [3.8, 4) is 5.82 Å². The molecule has 1 fully saturated rings. The van der Waals surface area contributed by atoms with E-state index in [-0.39, 0.29) is 18.7 Å². The summed E-state index contributed by atoms with van der Waals surface area (Å²) in [5.41, 5.74) is 3.14. The maximum Gasteiger partial charge on any atom is 0.170 e. The topological polar surface area (TPSA) is 66.2 Å². The molecule has 0 aromatic carbocycles. The number of nitrogens with one attached hydrogen (secondary N) is 1. The summed E-state index contributed by atoms with van der Waals surface area (Å²) in [7, 11) is 0. The van der Waals surface area contributed by atoms with Gasteiger partial charge in [-0.25, -0.2) is 4.98 Å². The first-order valence-corrected chi connectivity index (χ1v) is 9.79. The summed E-state index contributed by atoms with van der Waals surface area (Å²) in [5.74, 6) is 0.866. The smallest absolute Gasteiger partial charge is 0.170 e. The summed E-state index contributed by atoms with van der Waals surface area (Å²) in [5, 5.41) is 13.5. The minimum atomic E-state index is -0.0773. The highest BCUT2D eigenvalue weighted by Gasteiger charge is 2.40. The molecule has 0 bridgehead atoms. The number of nitrogens with zero attached hydrogens (tertiary/aromatic N) is 4.